The molecule has 0 aliphatic carbocycles. The number of anilines is 1. The number of aromatic nitrogens is 2. The highest BCUT2D eigenvalue weighted by atomic mass is 79.9. The van der Waals surface area contributed by atoms with E-state index in [0.29, 0.717) is 21.3 Å². The van der Waals surface area contributed by atoms with E-state index in [-0.39, 0.29) is 16.9 Å². The summed E-state index contributed by atoms with van der Waals surface area (Å²) in [6.07, 6.45) is 1.41. The van der Waals surface area contributed by atoms with Gasteiger partial charge in [-0.2, -0.15) is 0 Å². The molecule has 1 N–H and O–H groups in total. The fraction of sp³-hybridized carbons (Fsp3) is 0. The Morgan fingerprint density at radius 3 is 2.55 bits per heavy atom. The predicted octanol–water partition coefficient (Wildman–Crippen LogP) is 3.89. The molecule has 0 aliphatic heterocycles. The molecule has 2 aromatic heterocycles. The van der Waals surface area contributed by atoms with Gasteiger partial charge in [0, 0.05) is 0 Å². The Morgan fingerprint density at radius 2 is 1.90 bits per heavy atom. The summed E-state index contributed by atoms with van der Waals surface area (Å²) in [6, 6.07) is 8.81. The fourth-order valence-corrected chi connectivity index (χ4v) is 2.29. The minimum atomic E-state index is -0.378. The van der Waals surface area contributed by atoms with Crippen molar-refractivity contribution in [2.45, 2.75) is 0 Å². The van der Waals surface area contributed by atoms with Gasteiger partial charge in [0.1, 0.15) is 0 Å². The van der Waals surface area contributed by atoms with Crippen molar-refractivity contribution in [3.8, 4) is 0 Å². The zero-order valence-electron chi connectivity index (χ0n) is 9.93. The third-order valence-corrected chi connectivity index (χ3v) is 3.50. The van der Waals surface area contributed by atoms with Gasteiger partial charge in [0.15, 0.2) is 15.6 Å². The van der Waals surface area contributed by atoms with Crippen molar-refractivity contribution in [2.75, 3.05) is 5.32 Å². The van der Waals surface area contributed by atoms with Gasteiger partial charge in [0.2, 0.25) is 0 Å². The summed E-state index contributed by atoms with van der Waals surface area (Å²) in [6.45, 7) is 0. The van der Waals surface area contributed by atoms with Crippen LogP contribution in [0, 0.1) is 0 Å². The number of nitrogens with one attached hydrogen (secondary N) is 1. The van der Waals surface area contributed by atoms with Gasteiger partial charge in [-0.25, -0.2) is 9.97 Å². The number of carbonyl (C=O) groups is 1. The molecule has 3 aromatic rings. The average molecular weight is 353 g/mol. The Bertz CT molecular complexity index is 803. The van der Waals surface area contributed by atoms with Gasteiger partial charge in [-0.1, -0.05) is 23.7 Å². The molecule has 0 spiro atoms. The van der Waals surface area contributed by atoms with E-state index in [1.165, 1.54) is 6.26 Å². The first-order valence-electron chi connectivity index (χ1n) is 5.62. The lowest BCUT2D eigenvalue weighted by Gasteiger charge is -2.06. The zero-order valence-corrected chi connectivity index (χ0v) is 12.3. The van der Waals surface area contributed by atoms with E-state index < -0.39 is 0 Å². The van der Waals surface area contributed by atoms with Crippen molar-refractivity contribution in [1.82, 2.24) is 9.97 Å². The van der Waals surface area contributed by atoms with E-state index in [0.717, 1.165) is 0 Å². The van der Waals surface area contributed by atoms with Crippen LogP contribution in [0.5, 0.6) is 0 Å². The van der Waals surface area contributed by atoms with E-state index in [1.54, 1.807) is 18.2 Å². The zero-order chi connectivity index (χ0) is 14.1. The number of carbonyl (C=O) groups excluding carboxylic acids is 1. The van der Waals surface area contributed by atoms with Crippen LogP contribution in [0.3, 0.4) is 0 Å². The van der Waals surface area contributed by atoms with Gasteiger partial charge in [-0.15, -0.1) is 0 Å². The predicted molar refractivity (Wildman–Crippen MR) is 78.9 cm³/mol. The lowest BCUT2D eigenvalue weighted by atomic mass is 10.3. The van der Waals surface area contributed by atoms with Crippen LogP contribution in [0.4, 0.5) is 5.82 Å². The topological polar surface area (TPSA) is 68.0 Å². The summed E-state index contributed by atoms with van der Waals surface area (Å²) in [7, 11) is 0. The number of benzene rings is 1. The Labute approximate surface area is 127 Å². The number of hydrogen-bond acceptors (Lipinski definition) is 4. The molecule has 0 radical (unpaired) electrons. The minimum absolute atomic E-state index is 0.136. The molecule has 20 heavy (non-hydrogen) atoms. The molecular formula is C13H7BrClN3O2. The molecule has 0 saturated heterocycles. The molecular weight excluding hydrogens is 346 g/mol. The van der Waals surface area contributed by atoms with Crippen molar-refractivity contribution in [2.24, 2.45) is 0 Å². The lowest BCUT2D eigenvalue weighted by molar-refractivity contribution is 0.102. The van der Waals surface area contributed by atoms with Crippen LogP contribution in [0.1, 0.15) is 10.4 Å². The quantitative estimate of drug-likeness (QED) is 0.759. The van der Waals surface area contributed by atoms with Crippen molar-refractivity contribution < 1.29 is 9.21 Å². The van der Waals surface area contributed by atoms with Crippen LogP contribution >= 0.6 is 27.5 Å². The van der Waals surface area contributed by atoms with Crippen molar-refractivity contribution in [3.05, 3.63) is 52.0 Å². The third kappa shape index (κ3) is 2.39. The van der Waals surface area contributed by atoms with E-state index in [2.05, 4.69) is 31.2 Å². The second-order valence-electron chi connectivity index (χ2n) is 3.91. The van der Waals surface area contributed by atoms with Crippen LogP contribution in [0.25, 0.3) is 11.0 Å². The monoisotopic (exact) mass is 351 g/mol. The van der Waals surface area contributed by atoms with Crippen molar-refractivity contribution >= 4 is 50.3 Å². The maximum Gasteiger partial charge on any atom is 0.261 e. The smallest absolute Gasteiger partial charge is 0.261 e. The first-order valence-corrected chi connectivity index (χ1v) is 6.79. The maximum atomic E-state index is 12.1. The molecule has 2 heterocycles. The fourth-order valence-electron chi connectivity index (χ4n) is 1.69. The highest BCUT2D eigenvalue weighted by Crippen LogP contribution is 2.23. The van der Waals surface area contributed by atoms with Gasteiger partial charge < -0.3 is 9.73 Å². The largest absolute Gasteiger partial charge is 0.457 e. The molecule has 0 aliphatic rings. The molecule has 7 heteroatoms. The molecule has 3 rings (SSSR count). The standard InChI is InChI=1S/C13H7BrClN3O2/c14-10-7(5-6-20-10)13(19)18-12-11(15)16-8-3-1-2-4-9(8)17-12/h1-6H,(H,17,18,19). The van der Waals surface area contributed by atoms with E-state index in [4.69, 9.17) is 16.0 Å². The number of nitrogens with zero attached hydrogens (tertiary/aromatic N) is 2. The first-order chi connectivity index (χ1) is 9.65. The number of amides is 1. The number of para-hydroxylation sites is 2. The summed E-state index contributed by atoms with van der Waals surface area (Å²) in [5, 5.41) is 2.75. The molecule has 0 fully saturated rings. The summed E-state index contributed by atoms with van der Waals surface area (Å²) in [5.74, 6) is -0.166. The van der Waals surface area contributed by atoms with Gasteiger partial charge in [-0.3, -0.25) is 4.79 Å². The van der Waals surface area contributed by atoms with Crippen molar-refractivity contribution in [3.63, 3.8) is 0 Å². The molecule has 0 atom stereocenters. The third-order valence-electron chi connectivity index (χ3n) is 2.62. The maximum absolute atomic E-state index is 12.1. The summed E-state index contributed by atoms with van der Waals surface area (Å²) in [5.41, 5.74) is 1.68. The highest BCUT2D eigenvalue weighted by molar-refractivity contribution is 9.10. The Balaban J connectivity index is 1.96. The minimum Gasteiger partial charge on any atom is -0.457 e. The van der Waals surface area contributed by atoms with Gasteiger partial charge in [-0.05, 0) is 34.1 Å². The second kappa shape index (κ2) is 5.22. The molecule has 5 nitrogen and oxygen atoms in total. The van der Waals surface area contributed by atoms with Gasteiger partial charge in [0.25, 0.3) is 5.91 Å². The number of hydrogen-bond donors (Lipinski definition) is 1. The number of fused-ring (bicyclic) bond motifs is 1. The molecule has 100 valence electrons. The lowest BCUT2D eigenvalue weighted by Crippen LogP contribution is -2.13. The molecule has 0 unspecified atom stereocenters. The number of halogens is 2. The first kappa shape index (κ1) is 13.1. The molecule has 1 amide bonds. The normalized spacial score (nSPS) is 10.7. The van der Waals surface area contributed by atoms with E-state index in [1.807, 2.05) is 12.1 Å². The molecule has 0 bridgehead atoms. The van der Waals surface area contributed by atoms with Crippen molar-refractivity contribution in [1.29, 1.82) is 0 Å². The number of furan rings is 1. The number of rotatable bonds is 2. The molecule has 1 aromatic carbocycles. The van der Waals surface area contributed by atoms with Gasteiger partial charge >= 0.3 is 0 Å². The van der Waals surface area contributed by atoms with Crippen LogP contribution in [0.15, 0.2) is 45.7 Å². The average Bonchev–Trinajstić information content (AvgIpc) is 2.86. The summed E-state index contributed by atoms with van der Waals surface area (Å²) < 4.78 is 5.36. The summed E-state index contributed by atoms with van der Waals surface area (Å²) >= 11 is 9.17. The second-order valence-corrected chi connectivity index (χ2v) is 4.99. The van der Waals surface area contributed by atoms with Crippen LogP contribution < -0.4 is 5.32 Å². The summed E-state index contributed by atoms with van der Waals surface area (Å²) in [4.78, 5) is 20.5. The Hall–Kier alpha value is -1.92. The van der Waals surface area contributed by atoms with Crippen LogP contribution in [-0.4, -0.2) is 15.9 Å². The SMILES string of the molecule is O=C(Nc1nc2ccccc2nc1Cl)c1ccoc1Br. The van der Waals surface area contributed by atoms with Crippen LogP contribution in [0.2, 0.25) is 5.15 Å². The van der Waals surface area contributed by atoms with E-state index >= 15 is 0 Å². The van der Waals surface area contributed by atoms with E-state index in [9.17, 15) is 4.79 Å². The Kier molecular flexibility index (Phi) is 3.42. The Morgan fingerprint density at radius 1 is 1.20 bits per heavy atom. The van der Waals surface area contributed by atoms with Gasteiger partial charge in [0.05, 0.1) is 22.9 Å². The molecule has 0 saturated carbocycles. The van der Waals surface area contributed by atoms with Crippen LogP contribution in [-0.2, 0) is 0 Å². The highest BCUT2D eigenvalue weighted by Gasteiger charge is 2.16.